The first-order valence-corrected chi connectivity index (χ1v) is 8.30. The van der Waals surface area contributed by atoms with E-state index in [0.29, 0.717) is 0 Å². The Balaban J connectivity index is 1.71. The van der Waals surface area contributed by atoms with Crippen LogP contribution in [0.4, 0.5) is 0 Å². The van der Waals surface area contributed by atoms with Crippen molar-refractivity contribution in [2.45, 2.75) is 38.1 Å². The summed E-state index contributed by atoms with van der Waals surface area (Å²) < 4.78 is 6.28. The van der Waals surface area contributed by atoms with Crippen molar-refractivity contribution in [2.24, 2.45) is 23.6 Å². The van der Waals surface area contributed by atoms with Crippen molar-refractivity contribution in [1.29, 1.82) is 0 Å². The topological polar surface area (TPSA) is 47.3 Å². The van der Waals surface area contributed by atoms with Crippen molar-refractivity contribution in [3.63, 3.8) is 0 Å². The fraction of sp³-hybridized carbons (Fsp3) is 0.625. The Hall–Kier alpha value is -0.580. The van der Waals surface area contributed by atoms with Crippen LogP contribution >= 0.6 is 15.9 Å². The molecular weight excluding hydrogens is 316 g/mol. The lowest BCUT2D eigenvalue weighted by Gasteiger charge is -2.26. The van der Waals surface area contributed by atoms with E-state index in [0.717, 1.165) is 34.4 Å². The van der Waals surface area contributed by atoms with E-state index in [1.165, 1.54) is 31.2 Å². The maximum absolute atomic E-state index is 5.81. The highest BCUT2D eigenvalue weighted by Gasteiger charge is 2.40. The van der Waals surface area contributed by atoms with Crippen molar-refractivity contribution in [1.82, 2.24) is 5.43 Å². The molecule has 2 aliphatic carbocycles. The van der Waals surface area contributed by atoms with Crippen LogP contribution in [0.1, 0.15) is 43.7 Å². The van der Waals surface area contributed by atoms with Gasteiger partial charge in [0.25, 0.3) is 0 Å². The maximum Gasteiger partial charge on any atom is 0.133 e. The summed E-state index contributed by atoms with van der Waals surface area (Å²) in [6, 6.07) is 6.48. The molecule has 20 heavy (non-hydrogen) atoms. The third-order valence-electron chi connectivity index (χ3n) is 5.20. The Bertz CT molecular complexity index is 480. The second-order valence-electron chi connectivity index (χ2n) is 6.28. The van der Waals surface area contributed by atoms with Crippen molar-refractivity contribution in [3.8, 4) is 5.75 Å². The summed E-state index contributed by atoms with van der Waals surface area (Å²) in [5.41, 5.74) is 4.25. The van der Waals surface area contributed by atoms with Gasteiger partial charge in [-0.3, -0.25) is 11.3 Å². The highest BCUT2D eigenvalue weighted by Crippen LogP contribution is 2.51. The van der Waals surface area contributed by atoms with Crippen molar-refractivity contribution >= 4 is 15.9 Å². The minimum atomic E-state index is 0.238. The molecule has 110 valence electrons. The van der Waals surface area contributed by atoms with Gasteiger partial charge in [0.15, 0.2) is 0 Å². The number of nitrogens with two attached hydrogens (primary N) is 1. The van der Waals surface area contributed by atoms with Crippen LogP contribution < -0.4 is 16.0 Å². The number of hydrogen-bond acceptors (Lipinski definition) is 3. The molecule has 4 heteroatoms. The number of ether oxygens (including phenoxy) is 1. The molecule has 0 spiro atoms. The molecule has 0 amide bonds. The Morgan fingerprint density at radius 3 is 2.80 bits per heavy atom. The van der Waals surface area contributed by atoms with Gasteiger partial charge in [-0.25, -0.2) is 0 Å². The van der Waals surface area contributed by atoms with E-state index in [2.05, 4.69) is 33.5 Å². The van der Waals surface area contributed by atoms with E-state index < -0.39 is 0 Å². The van der Waals surface area contributed by atoms with Gasteiger partial charge < -0.3 is 4.74 Å². The second kappa shape index (κ2) is 6.04. The number of halogens is 1. The molecule has 1 aromatic carbocycles. The number of hydrogen-bond donors (Lipinski definition) is 2. The summed E-state index contributed by atoms with van der Waals surface area (Å²) in [6.45, 7) is 0. The largest absolute Gasteiger partial charge is 0.496 e. The number of rotatable bonds is 5. The molecule has 1 aromatic rings. The van der Waals surface area contributed by atoms with Gasteiger partial charge in [-0.15, -0.1) is 0 Å². The van der Waals surface area contributed by atoms with Crippen LogP contribution in [0.25, 0.3) is 0 Å². The molecule has 0 heterocycles. The predicted molar refractivity (Wildman–Crippen MR) is 84.3 cm³/mol. The van der Waals surface area contributed by atoms with Crippen molar-refractivity contribution in [2.75, 3.05) is 7.11 Å². The fourth-order valence-corrected chi connectivity index (χ4v) is 4.73. The van der Waals surface area contributed by atoms with E-state index in [1.807, 2.05) is 6.07 Å². The SMILES string of the molecule is COc1ccc(C(CC2CC3CCC2C3)NN)cc1Br. The lowest BCUT2D eigenvalue weighted by atomic mass is 9.83. The van der Waals surface area contributed by atoms with Crippen LogP contribution in [0.5, 0.6) is 5.75 Å². The number of fused-ring (bicyclic) bond motifs is 2. The van der Waals surface area contributed by atoms with Crippen LogP contribution in [0.15, 0.2) is 22.7 Å². The molecule has 0 aliphatic heterocycles. The summed E-state index contributed by atoms with van der Waals surface area (Å²) in [6.07, 6.45) is 6.89. The Morgan fingerprint density at radius 2 is 2.25 bits per heavy atom. The quantitative estimate of drug-likeness (QED) is 0.634. The number of nitrogens with one attached hydrogen (secondary N) is 1. The van der Waals surface area contributed by atoms with E-state index in [9.17, 15) is 0 Å². The molecular formula is C16H23BrN2O. The second-order valence-corrected chi connectivity index (χ2v) is 7.14. The van der Waals surface area contributed by atoms with Gasteiger partial charge in [-0.2, -0.15) is 0 Å². The number of benzene rings is 1. The molecule has 2 fully saturated rings. The van der Waals surface area contributed by atoms with Crippen LogP contribution in [-0.4, -0.2) is 7.11 Å². The molecule has 2 saturated carbocycles. The Kier molecular flexibility index (Phi) is 4.34. The minimum Gasteiger partial charge on any atom is -0.496 e. The van der Waals surface area contributed by atoms with Crippen LogP contribution in [0, 0.1) is 17.8 Å². The van der Waals surface area contributed by atoms with E-state index in [-0.39, 0.29) is 6.04 Å². The van der Waals surface area contributed by atoms with Gasteiger partial charge in [-0.1, -0.05) is 12.5 Å². The van der Waals surface area contributed by atoms with Gasteiger partial charge in [0.05, 0.1) is 11.6 Å². The molecule has 0 aromatic heterocycles. The predicted octanol–water partition coefficient (Wildman–Crippen LogP) is 3.79. The normalized spacial score (nSPS) is 29.6. The van der Waals surface area contributed by atoms with Gasteiger partial charge in [0.2, 0.25) is 0 Å². The molecule has 4 unspecified atom stereocenters. The summed E-state index contributed by atoms with van der Waals surface area (Å²) in [4.78, 5) is 0. The third kappa shape index (κ3) is 2.74. The van der Waals surface area contributed by atoms with Gasteiger partial charge in [-0.05, 0) is 77.1 Å². The molecule has 2 bridgehead atoms. The lowest BCUT2D eigenvalue weighted by Crippen LogP contribution is -2.30. The summed E-state index contributed by atoms with van der Waals surface area (Å²) in [7, 11) is 1.69. The maximum atomic E-state index is 5.81. The zero-order valence-corrected chi connectivity index (χ0v) is 13.5. The minimum absolute atomic E-state index is 0.238. The molecule has 2 aliphatic rings. The van der Waals surface area contributed by atoms with E-state index >= 15 is 0 Å². The molecule has 3 rings (SSSR count). The summed E-state index contributed by atoms with van der Waals surface area (Å²) >= 11 is 3.56. The summed E-state index contributed by atoms with van der Waals surface area (Å²) in [5, 5.41) is 0. The zero-order valence-electron chi connectivity index (χ0n) is 11.9. The molecule has 4 atom stereocenters. The average molecular weight is 339 g/mol. The standard InChI is InChI=1S/C16H23BrN2O/c1-20-16-5-4-12(8-14(16)17)15(19-18)9-13-7-10-2-3-11(13)6-10/h4-5,8,10-11,13,15,19H,2-3,6-7,9,18H2,1H3. The monoisotopic (exact) mass is 338 g/mol. The number of methoxy groups -OCH3 is 1. The van der Waals surface area contributed by atoms with Gasteiger partial charge in [0, 0.05) is 6.04 Å². The number of hydrazine groups is 1. The highest BCUT2D eigenvalue weighted by atomic mass is 79.9. The van der Waals surface area contributed by atoms with Crippen LogP contribution in [0.2, 0.25) is 0 Å². The van der Waals surface area contributed by atoms with Crippen LogP contribution in [0.3, 0.4) is 0 Å². The molecule has 0 radical (unpaired) electrons. The smallest absolute Gasteiger partial charge is 0.133 e. The Labute approximate surface area is 129 Å². The summed E-state index contributed by atoms with van der Waals surface area (Å²) in [5.74, 6) is 9.45. The van der Waals surface area contributed by atoms with Crippen LogP contribution in [-0.2, 0) is 0 Å². The van der Waals surface area contributed by atoms with Crippen molar-refractivity contribution in [3.05, 3.63) is 28.2 Å². The highest BCUT2D eigenvalue weighted by molar-refractivity contribution is 9.10. The first-order valence-electron chi connectivity index (χ1n) is 7.50. The van der Waals surface area contributed by atoms with E-state index in [1.54, 1.807) is 7.11 Å². The Morgan fingerprint density at radius 1 is 1.40 bits per heavy atom. The molecule has 3 N–H and O–H groups in total. The molecule has 3 nitrogen and oxygen atoms in total. The lowest BCUT2D eigenvalue weighted by molar-refractivity contribution is 0.280. The first-order chi connectivity index (χ1) is 9.71. The first kappa shape index (κ1) is 14.4. The van der Waals surface area contributed by atoms with Gasteiger partial charge >= 0.3 is 0 Å². The van der Waals surface area contributed by atoms with E-state index in [4.69, 9.17) is 10.6 Å². The average Bonchev–Trinajstić information content (AvgIpc) is 3.07. The third-order valence-corrected chi connectivity index (χ3v) is 5.82. The molecule has 0 saturated heterocycles. The van der Waals surface area contributed by atoms with Crippen molar-refractivity contribution < 1.29 is 4.74 Å². The van der Waals surface area contributed by atoms with Gasteiger partial charge in [0.1, 0.15) is 5.75 Å². The zero-order chi connectivity index (χ0) is 14.1. The fourth-order valence-electron chi connectivity index (χ4n) is 4.17.